The Morgan fingerprint density at radius 2 is 2.00 bits per heavy atom. The summed E-state index contributed by atoms with van der Waals surface area (Å²) in [5.41, 5.74) is 0.450. The zero-order valence-corrected chi connectivity index (χ0v) is 14.0. The highest BCUT2D eigenvalue weighted by atomic mass is 16.7. The molecule has 1 aromatic rings. The molecule has 0 spiro atoms. The average Bonchev–Trinajstić information content (AvgIpc) is 2.52. The highest BCUT2D eigenvalue weighted by Crippen LogP contribution is 2.30. The van der Waals surface area contributed by atoms with Crippen LogP contribution in [0, 0.1) is 5.41 Å². The highest BCUT2D eigenvalue weighted by Gasteiger charge is 2.26. The predicted octanol–water partition coefficient (Wildman–Crippen LogP) is 2.38. The maximum Gasteiger partial charge on any atom is 0.189 e. The van der Waals surface area contributed by atoms with Gasteiger partial charge in [-0.3, -0.25) is 0 Å². The van der Waals surface area contributed by atoms with Gasteiger partial charge in [0.2, 0.25) is 0 Å². The van der Waals surface area contributed by atoms with Crippen LogP contribution in [0.15, 0.2) is 30.9 Å². The van der Waals surface area contributed by atoms with E-state index in [4.69, 9.17) is 9.47 Å². The first-order valence-corrected chi connectivity index (χ1v) is 7.58. The fourth-order valence-electron chi connectivity index (χ4n) is 1.75. The van der Waals surface area contributed by atoms with Crippen LogP contribution in [-0.2, 0) is 4.74 Å². The van der Waals surface area contributed by atoms with Crippen molar-refractivity contribution in [2.75, 3.05) is 18.7 Å². The molecule has 4 N–H and O–H groups in total. The zero-order chi connectivity index (χ0) is 17.5. The molecular formula is C17H27NO5. The quantitative estimate of drug-likeness (QED) is 0.300. The maximum atomic E-state index is 10.2. The van der Waals surface area contributed by atoms with Gasteiger partial charge in [0.25, 0.3) is 0 Å². The minimum absolute atomic E-state index is 0.0238. The van der Waals surface area contributed by atoms with Crippen LogP contribution in [0.4, 0.5) is 5.69 Å². The third-order valence-electron chi connectivity index (χ3n) is 3.78. The summed E-state index contributed by atoms with van der Waals surface area (Å²) in [6, 6.07) is 4.83. The van der Waals surface area contributed by atoms with Gasteiger partial charge in [-0.15, -0.1) is 6.58 Å². The van der Waals surface area contributed by atoms with Crippen molar-refractivity contribution < 1.29 is 24.8 Å². The Morgan fingerprint density at radius 1 is 1.30 bits per heavy atom. The van der Waals surface area contributed by atoms with Crippen molar-refractivity contribution in [3.63, 3.8) is 0 Å². The van der Waals surface area contributed by atoms with Gasteiger partial charge in [0, 0.05) is 11.1 Å². The van der Waals surface area contributed by atoms with Crippen LogP contribution in [0.1, 0.15) is 39.0 Å². The molecule has 0 bridgehead atoms. The van der Waals surface area contributed by atoms with Crippen molar-refractivity contribution in [1.82, 2.24) is 0 Å². The summed E-state index contributed by atoms with van der Waals surface area (Å²) in [6.45, 7) is 9.73. The summed E-state index contributed by atoms with van der Waals surface area (Å²) in [5.74, 6) is 0.304. The van der Waals surface area contributed by atoms with Gasteiger partial charge in [0.1, 0.15) is 12.0 Å². The molecule has 0 amide bonds. The number of benzene rings is 1. The lowest BCUT2D eigenvalue weighted by atomic mass is 9.88. The van der Waals surface area contributed by atoms with E-state index in [-0.39, 0.29) is 17.8 Å². The van der Waals surface area contributed by atoms with Crippen molar-refractivity contribution in [2.45, 2.75) is 39.7 Å². The van der Waals surface area contributed by atoms with E-state index < -0.39 is 12.5 Å². The molecule has 23 heavy (non-hydrogen) atoms. The fraction of sp³-hybridized carbons (Fsp3) is 0.529. The van der Waals surface area contributed by atoms with Crippen molar-refractivity contribution in [3.8, 4) is 5.75 Å². The van der Waals surface area contributed by atoms with Crippen LogP contribution in [0.5, 0.6) is 5.75 Å². The molecule has 0 aliphatic heterocycles. The van der Waals surface area contributed by atoms with Crippen LogP contribution in [-0.4, -0.2) is 34.9 Å². The van der Waals surface area contributed by atoms with Gasteiger partial charge < -0.3 is 30.1 Å². The van der Waals surface area contributed by atoms with Gasteiger partial charge in [-0.1, -0.05) is 26.8 Å². The summed E-state index contributed by atoms with van der Waals surface area (Å²) in [4.78, 5) is 0. The van der Waals surface area contributed by atoms with Gasteiger partial charge in [-0.05, 0) is 24.6 Å². The molecule has 0 radical (unpaired) electrons. The molecule has 1 rings (SSSR count). The smallest absolute Gasteiger partial charge is 0.189 e. The second-order valence-corrected chi connectivity index (χ2v) is 5.94. The van der Waals surface area contributed by atoms with Gasteiger partial charge in [0.15, 0.2) is 13.1 Å². The van der Waals surface area contributed by atoms with Crippen molar-refractivity contribution in [3.05, 3.63) is 36.4 Å². The van der Waals surface area contributed by atoms with Crippen LogP contribution in [0.2, 0.25) is 0 Å². The second-order valence-electron chi connectivity index (χ2n) is 5.94. The molecule has 0 fully saturated rings. The maximum absolute atomic E-state index is 10.2. The largest absolute Gasteiger partial charge is 0.467 e. The molecule has 0 saturated carbocycles. The topological polar surface area (TPSA) is 91.2 Å². The Hall–Kier alpha value is -1.60. The standard InChI is InChI=1S/C17H27NO5/c1-5-9-22-11-23-14-8-7-12(10-13(14)15(19)20)18-16(21)17(3,4)6-2/h5,7-8,10,15-16,18-21H,1,6,9,11H2,2-4H3. The first-order valence-electron chi connectivity index (χ1n) is 7.58. The van der Waals surface area contributed by atoms with Crippen LogP contribution < -0.4 is 10.1 Å². The van der Waals surface area contributed by atoms with Gasteiger partial charge in [-0.25, -0.2) is 0 Å². The normalized spacial score (nSPS) is 13.0. The fourth-order valence-corrected chi connectivity index (χ4v) is 1.75. The number of aliphatic hydroxyl groups is 3. The van der Waals surface area contributed by atoms with E-state index in [2.05, 4.69) is 11.9 Å². The average molecular weight is 325 g/mol. The van der Waals surface area contributed by atoms with Crippen LogP contribution in [0.3, 0.4) is 0 Å². The summed E-state index contributed by atoms with van der Waals surface area (Å²) in [7, 11) is 0. The molecule has 1 unspecified atom stereocenters. The van der Waals surface area contributed by atoms with Crippen LogP contribution >= 0.6 is 0 Å². The molecule has 1 aromatic carbocycles. The molecule has 0 heterocycles. The molecule has 6 heteroatoms. The minimum Gasteiger partial charge on any atom is -0.467 e. The summed E-state index contributed by atoms with van der Waals surface area (Å²) >= 11 is 0. The van der Waals surface area contributed by atoms with Gasteiger partial charge in [-0.2, -0.15) is 0 Å². The van der Waals surface area contributed by atoms with E-state index in [0.29, 0.717) is 18.0 Å². The first kappa shape index (κ1) is 19.4. The lowest BCUT2D eigenvalue weighted by molar-refractivity contribution is -0.0467. The molecule has 0 aliphatic carbocycles. The minimum atomic E-state index is -1.69. The van der Waals surface area contributed by atoms with Crippen molar-refractivity contribution in [2.24, 2.45) is 5.41 Å². The predicted molar refractivity (Wildman–Crippen MR) is 89.0 cm³/mol. The van der Waals surface area contributed by atoms with E-state index in [1.54, 1.807) is 18.2 Å². The number of hydrogen-bond acceptors (Lipinski definition) is 6. The Morgan fingerprint density at radius 3 is 2.57 bits per heavy atom. The molecular weight excluding hydrogens is 298 g/mol. The number of nitrogens with one attached hydrogen (secondary N) is 1. The summed E-state index contributed by atoms with van der Waals surface area (Å²) in [6.07, 6.45) is -0.0746. The Labute approximate surface area is 137 Å². The molecule has 1 atom stereocenters. The molecule has 0 aliphatic rings. The van der Waals surface area contributed by atoms with Gasteiger partial charge >= 0.3 is 0 Å². The second kappa shape index (κ2) is 8.88. The zero-order valence-electron chi connectivity index (χ0n) is 14.0. The summed E-state index contributed by atoms with van der Waals surface area (Å²) in [5, 5.41) is 32.2. The molecule has 0 saturated heterocycles. The van der Waals surface area contributed by atoms with E-state index in [1.807, 2.05) is 20.8 Å². The van der Waals surface area contributed by atoms with Crippen LogP contribution in [0.25, 0.3) is 0 Å². The van der Waals surface area contributed by atoms with E-state index in [0.717, 1.165) is 6.42 Å². The Kier molecular flexibility index (Phi) is 7.51. The first-order chi connectivity index (χ1) is 10.8. The molecule has 6 nitrogen and oxygen atoms in total. The summed E-state index contributed by atoms with van der Waals surface area (Å²) < 4.78 is 10.5. The lowest BCUT2D eigenvalue weighted by Gasteiger charge is -2.30. The number of hydrogen-bond donors (Lipinski definition) is 4. The van der Waals surface area contributed by atoms with E-state index in [1.165, 1.54) is 6.07 Å². The molecule has 130 valence electrons. The van der Waals surface area contributed by atoms with E-state index >= 15 is 0 Å². The highest BCUT2D eigenvalue weighted by molar-refractivity contribution is 5.52. The number of ether oxygens (including phenoxy) is 2. The van der Waals surface area contributed by atoms with Crippen molar-refractivity contribution >= 4 is 5.69 Å². The monoisotopic (exact) mass is 325 g/mol. The number of anilines is 1. The van der Waals surface area contributed by atoms with Gasteiger partial charge in [0.05, 0.1) is 12.2 Å². The number of aliphatic hydroxyl groups excluding tert-OH is 2. The third kappa shape index (κ3) is 5.84. The third-order valence-corrected chi connectivity index (χ3v) is 3.78. The Bertz CT molecular complexity index is 502. The van der Waals surface area contributed by atoms with E-state index in [9.17, 15) is 15.3 Å². The Balaban J connectivity index is 2.84. The van der Waals surface area contributed by atoms with Crippen molar-refractivity contribution in [1.29, 1.82) is 0 Å². The molecule has 0 aromatic heterocycles. The number of rotatable bonds is 10. The SMILES string of the molecule is C=CCOCOc1ccc(NC(O)C(C)(C)CC)cc1C(O)O. The lowest BCUT2D eigenvalue weighted by Crippen LogP contribution is -2.35.